The van der Waals surface area contributed by atoms with Crippen molar-refractivity contribution < 1.29 is 28.7 Å². The van der Waals surface area contributed by atoms with Gasteiger partial charge in [-0.2, -0.15) is 0 Å². The zero-order valence-electron chi connectivity index (χ0n) is 19.6. The lowest BCUT2D eigenvalue weighted by Gasteiger charge is -2.21. The van der Waals surface area contributed by atoms with Gasteiger partial charge in [0.2, 0.25) is 5.91 Å². The van der Waals surface area contributed by atoms with Crippen molar-refractivity contribution in [1.29, 1.82) is 0 Å². The van der Waals surface area contributed by atoms with Crippen molar-refractivity contribution in [1.82, 2.24) is 10.2 Å². The highest BCUT2D eigenvalue weighted by molar-refractivity contribution is 6.23. The van der Waals surface area contributed by atoms with Crippen molar-refractivity contribution in [3.63, 3.8) is 0 Å². The van der Waals surface area contributed by atoms with E-state index >= 15 is 0 Å². The molecule has 0 fully saturated rings. The van der Waals surface area contributed by atoms with Gasteiger partial charge in [0.05, 0.1) is 11.1 Å². The van der Waals surface area contributed by atoms with Crippen molar-refractivity contribution in [3.05, 3.63) is 95.1 Å². The first-order valence-corrected chi connectivity index (χ1v) is 11.2. The number of imide groups is 1. The molecule has 9 heteroatoms. The summed E-state index contributed by atoms with van der Waals surface area (Å²) in [4.78, 5) is 62.8. The fourth-order valence-electron chi connectivity index (χ4n) is 3.83. The fraction of sp³-hybridized carbons (Fsp3) is 0.148. The van der Waals surface area contributed by atoms with Crippen LogP contribution in [0.3, 0.4) is 0 Å². The van der Waals surface area contributed by atoms with Gasteiger partial charge in [0.1, 0.15) is 11.8 Å². The van der Waals surface area contributed by atoms with E-state index in [2.05, 4.69) is 10.6 Å². The third-order valence-electron chi connectivity index (χ3n) is 5.60. The summed E-state index contributed by atoms with van der Waals surface area (Å²) in [5.74, 6) is -2.11. The molecule has 3 aromatic carbocycles. The van der Waals surface area contributed by atoms with Crippen molar-refractivity contribution in [2.45, 2.75) is 26.4 Å². The molecule has 2 N–H and O–H groups in total. The molecule has 0 saturated carbocycles. The second-order valence-electron chi connectivity index (χ2n) is 8.20. The predicted molar refractivity (Wildman–Crippen MR) is 130 cm³/mol. The van der Waals surface area contributed by atoms with E-state index in [4.69, 9.17) is 4.74 Å². The largest absolute Gasteiger partial charge is 0.427 e. The maximum atomic E-state index is 12.8. The molecule has 4 rings (SSSR count). The smallest absolute Gasteiger partial charge is 0.308 e. The molecule has 0 spiro atoms. The molecule has 0 aromatic heterocycles. The van der Waals surface area contributed by atoms with E-state index in [1.807, 2.05) is 0 Å². The average Bonchev–Trinajstić information content (AvgIpc) is 3.12. The highest BCUT2D eigenvalue weighted by Gasteiger charge is 2.40. The Labute approximate surface area is 207 Å². The molecular weight excluding hydrogens is 462 g/mol. The molecule has 3 aromatic rings. The first-order valence-electron chi connectivity index (χ1n) is 11.2. The summed E-state index contributed by atoms with van der Waals surface area (Å²) >= 11 is 0. The SMILES string of the molecule is CC(=O)Oc1cccc(C(=O)NCc2cccc(NC(=O)C(C)N3C(=O)c4ccccc4C3=O)c2)c1. The molecule has 4 amide bonds. The lowest BCUT2D eigenvalue weighted by molar-refractivity contribution is -0.131. The topological polar surface area (TPSA) is 122 Å². The number of carbonyl (C=O) groups excluding carboxylic acids is 5. The molecule has 9 nitrogen and oxygen atoms in total. The summed E-state index contributed by atoms with van der Waals surface area (Å²) < 4.78 is 5.00. The van der Waals surface area contributed by atoms with Crippen LogP contribution in [-0.2, 0) is 16.1 Å². The Morgan fingerprint density at radius 2 is 1.56 bits per heavy atom. The molecule has 182 valence electrons. The number of nitrogens with zero attached hydrogens (tertiary/aromatic N) is 1. The summed E-state index contributed by atoms with van der Waals surface area (Å²) in [6.07, 6.45) is 0. The number of hydrogen-bond donors (Lipinski definition) is 2. The quantitative estimate of drug-likeness (QED) is 0.301. The number of anilines is 1. The Morgan fingerprint density at radius 1 is 0.889 bits per heavy atom. The third-order valence-corrected chi connectivity index (χ3v) is 5.60. The van der Waals surface area contributed by atoms with Crippen LogP contribution in [0.1, 0.15) is 50.5 Å². The van der Waals surface area contributed by atoms with Gasteiger partial charge in [-0.3, -0.25) is 28.9 Å². The molecule has 0 saturated heterocycles. The van der Waals surface area contributed by atoms with Gasteiger partial charge >= 0.3 is 5.97 Å². The van der Waals surface area contributed by atoms with Crippen LogP contribution in [-0.4, -0.2) is 40.5 Å². The van der Waals surface area contributed by atoms with E-state index in [-0.39, 0.29) is 29.3 Å². The molecular formula is C27H23N3O6. The number of esters is 1. The normalized spacial score (nSPS) is 13.1. The first-order chi connectivity index (χ1) is 17.2. The number of rotatable bonds is 7. The second-order valence-corrected chi connectivity index (χ2v) is 8.20. The third kappa shape index (κ3) is 5.15. The summed E-state index contributed by atoms with van der Waals surface area (Å²) in [7, 11) is 0. The maximum Gasteiger partial charge on any atom is 0.308 e. The number of amides is 4. The van der Waals surface area contributed by atoms with E-state index in [1.165, 1.54) is 19.9 Å². The monoisotopic (exact) mass is 485 g/mol. The lowest BCUT2D eigenvalue weighted by atomic mass is 10.1. The Hall–Kier alpha value is -4.79. The minimum Gasteiger partial charge on any atom is -0.427 e. The zero-order valence-corrected chi connectivity index (χ0v) is 19.6. The van der Waals surface area contributed by atoms with Gasteiger partial charge in [0.25, 0.3) is 17.7 Å². The van der Waals surface area contributed by atoms with Crippen LogP contribution in [0.4, 0.5) is 5.69 Å². The van der Waals surface area contributed by atoms with Crippen LogP contribution in [0.25, 0.3) is 0 Å². The van der Waals surface area contributed by atoms with Gasteiger partial charge in [-0.15, -0.1) is 0 Å². The Kier molecular flexibility index (Phi) is 6.91. The number of benzene rings is 3. The van der Waals surface area contributed by atoms with E-state index in [0.29, 0.717) is 16.8 Å². The Morgan fingerprint density at radius 3 is 2.22 bits per heavy atom. The molecule has 1 aliphatic rings. The van der Waals surface area contributed by atoms with E-state index < -0.39 is 29.7 Å². The van der Waals surface area contributed by atoms with Crippen molar-refractivity contribution >= 4 is 35.3 Å². The minimum absolute atomic E-state index is 0.175. The van der Waals surface area contributed by atoms with Gasteiger partial charge in [0.15, 0.2) is 0 Å². The van der Waals surface area contributed by atoms with Gasteiger partial charge in [-0.25, -0.2) is 0 Å². The van der Waals surface area contributed by atoms with Gasteiger partial charge < -0.3 is 15.4 Å². The number of ether oxygens (including phenoxy) is 1. The van der Waals surface area contributed by atoms with E-state index in [1.54, 1.807) is 66.7 Å². The highest BCUT2D eigenvalue weighted by Crippen LogP contribution is 2.25. The highest BCUT2D eigenvalue weighted by atomic mass is 16.5. The van der Waals surface area contributed by atoms with Crippen LogP contribution in [0.2, 0.25) is 0 Å². The Balaban J connectivity index is 1.38. The average molecular weight is 485 g/mol. The molecule has 0 aliphatic carbocycles. The lowest BCUT2D eigenvalue weighted by Crippen LogP contribution is -2.45. The maximum absolute atomic E-state index is 12.8. The molecule has 1 heterocycles. The Bertz CT molecular complexity index is 1350. The predicted octanol–water partition coefficient (Wildman–Crippen LogP) is 3.17. The van der Waals surface area contributed by atoms with E-state index in [0.717, 1.165) is 4.90 Å². The van der Waals surface area contributed by atoms with Crippen molar-refractivity contribution in [2.24, 2.45) is 0 Å². The van der Waals surface area contributed by atoms with Crippen molar-refractivity contribution in [2.75, 3.05) is 5.32 Å². The number of fused-ring (bicyclic) bond motifs is 1. The summed E-state index contributed by atoms with van der Waals surface area (Å²) in [5.41, 5.74) is 2.04. The molecule has 1 atom stereocenters. The zero-order chi connectivity index (χ0) is 25.8. The van der Waals surface area contributed by atoms with Crippen LogP contribution in [0, 0.1) is 0 Å². The van der Waals surface area contributed by atoms with Crippen LogP contribution >= 0.6 is 0 Å². The molecule has 0 radical (unpaired) electrons. The summed E-state index contributed by atoms with van der Waals surface area (Å²) in [6, 6.07) is 18.5. The first kappa shape index (κ1) is 24.3. The number of nitrogens with one attached hydrogen (secondary N) is 2. The van der Waals surface area contributed by atoms with Crippen LogP contribution < -0.4 is 15.4 Å². The van der Waals surface area contributed by atoms with Crippen LogP contribution in [0.15, 0.2) is 72.8 Å². The van der Waals surface area contributed by atoms with E-state index in [9.17, 15) is 24.0 Å². The molecule has 0 bridgehead atoms. The van der Waals surface area contributed by atoms with Crippen LogP contribution in [0.5, 0.6) is 5.75 Å². The number of hydrogen-bond acceptors (Lipinski definition) is 6. The standard InChI is InChI=1S/C27H23N3O6/c1-16(30-26(34)22-11-3-4-12-23(22)27(30)35)24(32)29-20-9-5-7-18(13-20)15-28-25(33)19-8-6-10-21(14-19)36-17(2)31/h3-14,16H,15H2,1-2H3,(H,28,33)(H,29,32). The summed E-state index contributed by atoms with van der Waals surface area (Å²) in [6.45, 7) is 2.94. The molecule has 1 unspecified atom stereocenters. The second kappa shape index (κ2) is 10.2. The summed E-state index contributed by atoms with van der Waals surface area (Å²) in [5, 5.41) is 5.50. The molecule has 36 heavy (non-hydrogen) atoms. The van der Waals surface area contributed by atoms with Crippen molar-refractivity contribution in [3.8, 4) is 5.75 Å². The van der Waals surface area contributed by atoms with Gasteiger partial charge in [0, 0.05) is 24.7 Å². The van der Waals surface area contributed by atoms with Gasteiger partial charge in [-0.1, -0.05) is 30.3 Å². The minimum atomic E-state index is -1.02. The fourth-order valence-corrected chi connectivity index (χ4v) is 3.83. The molecule has 1 aliphatic heterocycles. The number of carbonyl (C=O) groups is 5. The van der Waals surface area contributed by atoms with Gasteiger partial charge in [-0.05, 0) is 55.0 Å².